The zero-order valence-electron chi connectivity index (χ0n) is 10.3. The second-order valence-corrected chi connectivity index (χ2v) is 6.79. The van der Waals surface area contributed by atoms with E-state index in [4.69, 9.17) is 10.7 Å². The third kappa shape index (κ3) is 2.42. The fraction of sp³-hybridized carbons (Fsp3) is 0.250. The van der Waals surface area contributed by atoms with Gasteiger partial charge >= 0.3 is 0 Å². The Morgan fingerprint density at radius 2 is 1.83 bits per heavy atom. The number of nitrogens with zero attached hydrogens (tertiary/aromatic N) is 2. The molecule has 0 aliphatic heterocycles. The van der Waals surface area contributed by atoms with Crippen LogP contribution in [0.2, 0.25) is 0 Å². The van der Waals surface area contributed by atoms with Gasteiger partial charge in [0.15, 0.2) is 0 Å². The maximum atomic E-state index is 11.2. The first-order chi connectivity index (χ1) is 8.29. The number of aryl methyl sites for hydroxylation is 3. The molecule has 6 heteroatoms. The number of hydrogen-bond donors (Lipinski definition) is 0. The van der Waals surface area contributed by atoms with Gasteiger partial charge in [-0.05, 0) is 50.6 Å². The summed E-state index contributed by atoms with van der Waals surface area (Å²) in [5, 5.41) is 4.37. The average molecular weight is 285 g/mol. The van der Waals surface area contributed by atoms with Gasteiger partial charge in [0.25, 0.3) is 9.05 Å². The average Bonchev–Trinajstić information content (AvgIpc) is 2.56. The number of hydrogen-bond acceptors (Lipinski definition) is 3. The Kier molecular flexibility index (Phi) is 3.21. The van der Waals surface area contributed by atoms with Gasteiger partial charge in [0.2, 0.25) is 0 Å². The van der Waals surface area contributed by atoms with Crippen LogP contribution < -0.4 is 0 Å². The van der Waals surface area contributed by atoms with Crippen molar-refractivity contribution in [2.75, 3.05) is 0 Å². The summed E-state index contributed by atoms with van der Waals surface area (Å²) in [7, 11) is 1.63. The number of halogens is 1. The Balaban J connectivity index is 2.58. The zero-order chi connectivity index (χ0) is 13.5. The predicted octanol–water partition coefficient (Wildman–Crippen LogP) is 2.73. The molecule has 0 radical (unpaired) electrons. The Bertz CT molecular complexity index is 705. The summed E-state index contributed by atoms with van der Waals surface area (Å²) in [5.41, 5.74) is 3.57. The molecule has 0 atom stereocenters. The summed E-state index contributed by atoms with van der Waals surface area (Å²) in [5.74, 6) is 0. The Morgan fingerprint density at radius 1 is 1.17 bits per heavy atom. The molecule has 0 saturated carbocycles. The monoisotopic (exact) mass is 284 g/mol. The molecule has 0 aliphatic carbocycles. The molecule has 0 bridgehead atoms. The maximum Gasteiger partial charge on any atom is 0.261 e. The van der Waals surface area contributed by atoms with E-state index in [0.29, 0.717) is 0 Å². The molecule has 1 heterocycles. The minimum Gasteiger partial charge on any atom is -0.238 e. The minimum atomic E-state index is -3.69. The lowest BCUT2D eigenvalue weighted by Crippen LogP contribution is -2.02. The van der Waals surface area contributed by atoms with Crippen LogP contribution in [0.25, 0.3) is 5.69 Å². The van der Waals surface area contributed by atoms with Crippen LogP contribution in [0, 0.1) is 20.8 Å². The van der Waals surface area contributed by atoms with Crippen LogP contribution in [0.3, 0.4) is 0 Å². The molecular formula is C12H13ClN2O2S. The molecule has 2 aromatic rings. The van der Waals surface area contributed by atoms with E-state index >= 15 is 0 Å². The first kappa shape index (κ1) is 13.1. The highest BCUT2D eigenvalue weighted by Crippen LogP contribution is 2.22. The van der Waals surface area contributed by atoms with Crippen molar-refractivity contribution in [2.45, 2.75) is 25.7 Å². The zero-order valence-corrected chi connectivity index (χ0v) is 11.9. The van der Waals surface area contributed by atoms with Gasteiger partial charge < -0.3 is 0 Å². The first-order valence-corrected chi connectivity index (χ1v) is 7.69. The summed E-state index contributed by atoms with van der Waals surface area (Å²) in [6, 6.07) is 6.71. The molecule has 18 heavy (non-hydrogen) atoms. The molecule has 0 amide bonds. The summed E-state index contributed by atoms with van der Waals surface area (Å²) < 4.78 is 24.3. The van der Waals surface area contributed by atoms with E-state index in [1.165, 1.54) is 6.07 Å². The van der Waals surface area contributed by atoms with Gasteiger partial charge in [0, 0.05) is 16.4 Å². The lowest BCUT2D eigenvalue weighted by molar-refractivity contribution is 0.609. The quantitative estimate of drug-likeness (QED) is 0.797. The standard InChI is InChI=1S/C12H13ClN2O2S/c1-8-6-11(18(13,16)17)4-5-12(8)15-10(3)7-9(2)14-15/h4-7H,1-3H3. The second-order valence-electron chi connectivity index (χ2n) is 4.23. The van der Waals surface area contributed by atoms with Crippen LogP contribution in [0.1, 0.15) is 17.0 Å². The van der Waals surface area contributed by atoms with E-state index in [1.807, 2.05) is 26.8 Å². The fourth-order valence-corrected chi connectivity index (χ4v) is 2.73. The third-order valence-corrected chi connectivity index (χ3v) is 4.04. The van der Waals surface area contributed by atoms with Crippen molar-refractivity contribution in [1.82, 2.24) is 9.78 Å². The van der Waals surface area contributed by atoms with E-state index in [-0.39, 0.29) is 4.90 Å². The van der Waals surface area contributed by atoms with Gasteiger partial charge in [-0.15, -0.1) is 0 Å². The smallest absolute Gasteiger partial charge is 0.238 e. The predicted molar refractivity (Wildman–Crippen MR) is 70.8 cm³/mol. The summed E-state index contributed by atoms with van der Waals surface area (Å²) in [6.07, 6.45) is 0. The number of aromatic nitrogens is 2. The molecule has 96 valence electrons. The van der Waals surface area contributed by atoms with Gasteiger partial charge in [-0.25, -0.2) is 13.1 Å². The summed E-state index contributed by atoms with van der Waals surface area (Å²) in [6.45, 7) is 5.69. The normalized spacial score (nSPS) is 11.8. The molecule has 2 rings (SSSR count). The van der Waals surface area contributed by atoms with Crippen LogP contribution >= 0.6 is 10.7 Å². The molecule has 1 aromatic carbocycles. The number of rotatable bonds is 2. The van der Waals surface area contributed by atoms with E-state index in [0.717, 1.165) is 22.6 Å². The van der Waals surface area contributed by atoms with Crippen LogP contribution in [0.4, 0.5) is 0 Å². The maximum absolute atomic E-state index is 11.2. The molecule has 0 aliphatic rings. The van der Waals surface area contributed by atoms with Crippen molar-refractivity contribution in [1.29, 1.82) is 0 Å². The summed E-state index contributed by atoms with van der Waals surface area (Å²) >= 11 is 0. The Labute approximate surface area is 111 Å². The highest BCUT2D eigenvalue weighted by atomic mass is 35.7. The SMILES string of the molecule is Cc1cc(C)n(-c2ccc(S(=O)(=O)Cl)cc2C)n1. The largest absolute Gasteiger partial charge is 0.261 e. The molecule has 0 fully saturated rings. The van der Waals surface area contributed by atoms with Crippen molar-refractivity contribution in [2.24, 2.45) is 0 Å². The topological polar surface area (TPSA) is 52.0 Å². The number of benzene rings is 1. The molecule has 0 unspecified atom stereocenters. The van der Waals surface area contributed by atoms with Crippen molar-refractivity contribution in [3.05, 3.63) is 41.2 Å². The van der Waals surface area contributed by atoms with Crippen molar-refractivity contribution in [3.8, 4) is 5.69 Å². The molecule has 0 saturated heterocycles. The van der Waals surface area contributed by atoms with Crippen LogP contribution in [0.5, 0.6) is 0 Å². The highest BCUT2D eigenvalue weighted by Gasteiger charge is 2.13. The Morgan fingerprint density at radius 3 is 2.28 bits per heavy atom. The van der Waals surface area contributed by atoms with E-state index in [2.05, 4.69) is 5.10 Å². The fourth-order valence-electron chi connectivity index (χ4n) is 1.89. The van der Waals surface area contributed by atoms with Crippen LogP contribution in [0.15, 0.2) is 29.2 Å². The van der Waals surface area contributed by atoms with Crippen molar-refractivity contribution >= 4 is 19.7 Å². The Hall–Kier alpha value is -1.33. The van der Waals surface area contributed by atoms with Gasteiger partial charge in [0.05, 0.1) is 16.3 Å². The van der Waals surface area contributed by atoms with Crippen LogP contribution in [-0.2, 0) is 9.05 Å². The molecule has 1 aromatic heterocycles. The van der Waals surface area contributed by atoms with Crippen molar-refractivity contribution in [3.63, 3.8) is 0 Å². The second kappa shape index (κ2) is 4.40. The van der Waals surface area contributed by atoms with Gasteiger partial charge in [-0.3, -0.25) is 0 Å². The molecule has 0 N–H and O–H groups in total. The lowest BCUT2D eigenvalue weighted by Gasteiger charge is -2.09. The van der Waals surface area contributed by atoms with E-state index < -0.39 is 9.05 Å². The molecule has 0 spiro atoms. The minimum absolute atomic E-state index is 0.104. The lowest BCUT2D eigenvalue weighted by atomic mass is 10.2. The van der Waals surface area contributed by atoms with Gasteiger partial charge in [0.1, 0.15) is 0 Å². The van der Waals surface area contributed by atoms with E-state index in [1.54, 1.807) is 16.8 Å². The van der Waals surface area contributed by atoms with Gasteiger partial charge in [-0.1, -0.05) is 0 Å². The molecular weight excluding hydrogens is 272 g/mol. The van der Waals surface area contributed by atoms with Gasteiger partial charge in [-0.2, -0.15) is 5.10 Å². The molecule has 4 nitrogen and oxygen atoms in total. The summed E-state index contributed by atoms with van der Waals surface area (Å²) in [4.78, 5) is 0.104. The van der Waals surface area contributed by atoms with E-state index in [9.17, 15) is 8.42 Å². The van der Waals surface area contributed by atoms with Crippen molar-refractivity contribution < 1.29 is 8.42 Å². The highest BCUT2D eigenvalue weighted by molar-refractivity contribution is 8.13. The first-order valence-electron chi connectivity index (χ1n) is 5.38. The third-order valence-electron chi connectivity index (χ3n) is 2.69. The van der Waals surface area contributed by atoms with Crippen LogP contribution in [-0.4, -0.2) is 18.2 Å².